The van der Waals surface area contributed by atoms with Gasteiger partial charge in [-0.2, -0.15) is 0 Å². The molecule has 0 bridgehead atoms. The van der Waals surface area contributed by atoms with Gasteiger partial charge in [0, 0.05) is 13.1 Å². The van der Waals surface area contributed by atoms with Gasteiger partial charge in [0.1, 0.15) is 5.60 Å². The van der Waals surface area contributed by atoms with Crippen LogP contribution in [0.5, 0.6) is 0 Å². The minimum absolute atomic E-state index is 0.336. The molecule has 0 radical (unpaired) electrons. The number of carbonyl (C=O) groups is 1. The van der Waals surface area contributed by atoms with Crippen LogP contribution in [0.15, 0.2) is 0 Å². The highest BCUT2D eigenvalue weighted by molar-refractivity contribution is 5.68. The monoisotopic (exact) mass is 230 g/mol. The summed E-state index contributed by atoms with van der Waals surface area (Å²) in [5.41, 5.74) is -1.30. The summed E-state index contributed by atoms with van der Waals surface area (Å²) in [5, 5.41) is 13.0. The number of hydrogen-bond acceptors (Lipinski definition) is 4. The van der Waals surface area contributed by atoms with E-state index in [1.54, 1.807) is 11.9 Å². The van der Waals surface area contributed by atoms with Crippen LogP contribution in [0, 0.1) is 0 Å². The molecular formula is C11H22N2O3. The number of carbonyl (C=O) groups excluding carboxylic acids is 1. The van der Waals surface area contributed by atoms with Crippen LogP contribution >= 0.6 is 0 Å². The van der Waals surface area contributed by atoms with Crippen LogP contribution in [0.3, 0.4) is 0 Å². The first kappa shape index (κ1) is 13.3. The molecule has 1 amide bonds. The lowest BCUT2D eigenvalue weighted by atomic mass is 10.0. The molecular weight excluding hydrogens is 208 g/mol. The first-order chi connectivity index (χ1) is 7.26. The first-order valence-corrected chi connectivity index (χ1v) is 5.61. The van der Waals surface area contributed by atoms with Crippen molar-refractivity contribution in [2.75, 3.05) is 26.7 Å². The Kier molecular flexibility index (Phi) is 3.80. The summed E-state index contributed by atoms with van der Waals surface area (Å²) >= 11 is 0. The second-order valence-electron chi connectivity index (χ2n) is 5.41. The number of ether oxygens (including phenoxy) is 1. The third kappa shape index (κ3) is 3.64. The Morgan fingerprint density at radius 1 is 1.56 bits per heavy atom. The van der Waals surface area contributed by atoms with E-state index in [1.165, 1.54) is 0 Å². The van der Waals surface area contributed by atoms with Crippen molar-refractivity contribution in [3.05, 3.63) is 0 Å². The fraction of sp³-hybridized carbons (Fsp3) is 0.909. The van der Waals surface area contributed by atoms with E-state index in [0.717, 1.165) is 0 Å². The lowest BCUT2D eigenvalue weighted by Gasteiger charge is -2.26. The lowest BCUT2D eigenvalue weighted by Crippen LogP contribution is -2.44. The van der Waals surface area contributed by atoms with E-state index < -0.39 is 11.2 Å². The van der Waals surface area contributed by atoms with Crippen molar-refractivity contribution in [2.24, 2.45) is 0 Å². The van der Waals surface area contributed by atoms with Crippen molar-refractivity contribution in [1.82, 2.24) is 10.2 Å². The number of likely N-dealkylation sites (tertiary alicyclic amines) is 1. The van der Waals surface area contributed by atoms with Crippen molar-refractivity contribution < 1.29 is 14.6 Å². The minimum atomic E-state index is -0.814. The third-order valence-electron chi connectivity index (χ3n) is 2.49. The zero-order valence-corrected chi connectivity index (χ0v) is 10.5. The van der Waals surface area contributed by atoms with Crippen LogP contribution in [0.1, 0.15) is 27.2 Å². The van der Waals surface area contributed by atoms with Crippen LogP contribution < -0.4 is 5.32 Å². The molecule has 0 aromatic heterocycles. The van der Waals surface area contributed by atoms with E-state index >= 15 is 0 Å². The Labute approximate surface area is 96.8 Å². The number of amides is 1. The van der Waals surface area contributed by atoms with Crippen LogP contribution in [0.25, 0.3) is 0 Å². The number of nitrogens with one attached hydrogen (secondary N) is 1. The van der Waals surface area contributed by atoms with Gasteiger partial charge in [0.15, 0.2) is 0 Å². The van der Waals surface area contributed by atoms with Gasteiger partial charge in [0.2, 0.25) is 0 Å². The molecule has 0 spiro atoms. The summed E-state index contributed by atoms with van der Waals surface area (Å²) in [4.78, 5) is 13.3. The fourth-order valence-electron chi connectivity index (χ4n) is 1.81. The molecule has 1 heterocycles. The first-order valence-electron chi connectivity index (χ1n) is 5.61. The van der Waals surface area contributed by atoms with Crippen molar-refractivity contribution in [1.29, 1.82) is 0 Å². The molecule has 1 saturated heterocycles. The molecule has 0 aromatic carbocycles. The van der Waals surface area contributed by atoms with E-state index in [4.69, 9.17) is 4.74 Å². The summed E-state index contributed by atoms with van der Waals surface area (Å²) in [6, 6.07) is 0. The van der Waals surface area contributed by atoms with Gasteiger partial charge in [0.25, 0.3) is 0 Å². The number of hydrogen-bond donors (Lipinski definition) is 2. The molecule has 0 saturated carbocycles. The summed E-state index contributed by atoms with van der Waals surface area (Å²) < 4.78 is 5.25. The van der Waals surface area contributed by atoms with E-state index in [0.29, 0.717) is 26.1 Å². The van der Waals surface area contributed by atoms with E-state index in [1.807, 2.05) is 20.8 Å². The predicted octanol–water partition coefficient (Wildman–Crippen LogP) is 0.578. The van der Waals surface area contributed by atoms with Gasteiger partial charge in [-0.25, -0.2) is 4.79 Å². The molecule has 5 heteroatoms. The van der Waals surface area contributed by atoms with Gasteiger partial charge >= 0.3 is 6.09 Å². The molecule has 2 N–H and O–H groups in total. The fourth-order valence-corrected chi connectivity index (χ4v) is 1.81. The number of likely N-dealkylation sites (N-methyl/N-ethyl adjacent to an activating group) is 1. The van der Waals surface area contributed by atoms with Crippen LogP contribution in [0.2, 0.25) is 0 Å². The Balaban J connectivity index is 2.50. The molecule has 16 heavy (non-hydrogen) atoms. The molecule has 1 atom stereocenters. The Bertz CT molecular complexity index is 262. The van der Waals surface area contributed by atoms with Gasteiger partial charge in [0.05, 0.1) is 12.1 Å². The molecule has 1 fully saturated rings. The van der Waals surface area contributed by atoms with Gasteiger partial charge < -0.3 is 20.1 Å². The molecule has 1 aliphatic heterocycles. The van der Waals surface area contributed by atoms with Gasteiger partial charge in [-0.05, 0) is 34.2 Å². The van der Waals surface area contributed by atoms with Crippen molar-refractivity contribution in [3.8, 4) is 0 Å². The summed E-state index contributed by atoms with van der Waals surface area (Å²) in [7, 11) is 1.79. The molecule has 0 aromatic rings. The van der Waals surface area contributed by atoms with Gasteiger partial charge in [-0.3, -0.25) is 0 Å². The number of aliphatic hydroxyl groups is 1. The standard InChI is InChI=1S/C11H22N2O3/c1-10(2,3)16-9(14)13-6-5-11(15,8-13)7-12-4/h12,15H,5-8H2,1-4H3/t11-/m1/s1. The van der Waals surface area contributed by atoms with Gasteiger partial charge in [-0.15, -0.1) is 0 Å². The number of β-amino-alcohol motifs (C(OH)–C–C–N with tert-alkyl or cyclic N) is 1. The van der Waals surface area contributed by atoms with Crippen molar-refractivity contribution in [3.63, 3.8) is 0 Å². The Hall–Kier alpha value is -0.810. The highest BCUT2D eigenvalue weighted by atomic mass is 16.6. The van der Waals surface area contributed by atoms with Crippen molar-refractivity contribution >= 4 is 6.09 Å². The zero-order valence-electron chi connectivity index (χ0n) is 10.5. The lowest BCUT2D eigenvalue weighted by molar-refractivity contribution is 0.0159. The Morgan fingerprint density at radius 3 is 2.69 bits per heavy atom. The zero-order chi connectivity index (χ0) is 12.4. The van der Waals surface area contributed by atoms with E-state index in [-0.39, 0.29) is 6.09 Å². The smallest absolute Gasteiger partial charge is 0.410 e. The van der Waals surface area contributed by atoms with Crippen LogP contribution in [0.4, 0.5) is 4.79 Å². The van der Waals surface area contributed by atoms with Crippen LogP contribution in [-0.4, -0.2) is 54.0 Å². The highest BCUT2D eigenvalue weighted by Crippen LogP contribution is 2.22. The average Bonchev–Trinajstić information content (AvgIpc) is 2.45. The van der Waals surface area contributed by atoms with E-state index in [2.05, 4.69) is 5.32 Å². The second kappa shape index (κ2) is 4.59. The summed E-state index contributed by atoms with van der Waals surface area (Å²) in [6.07, 6.45) is 0.243. The Morgan fingerprint density at radius 2 is 2.19 bits per heavy atom. The van der Waals surface area contributed by atoms with Crippen LogP contribution in [-0.2, 0) is 4.74 Å². The normalized spacial score (nSPS) is 25.9. The third-order valence-corrected chi connectivity index (χ3v) is 2.49. The number of nitrogens with zero attached hydrogens (tertiary/aromatic N) is 1. The molecule has 0 unspecified atom stereocenters. The predicted molar refractivity (Wildman–Crippen MR) is 61.3 cm³/mol. The second-order valence-corrected chi connectivity index (χ2v) is 5.41. The minimum Gasteiger partial charge on any atom is -0.444 e. The maximum absolute atomic E-state index is 11.7. The van der Waals surface area contributed by atoms with Gasteiger partial charge in [-0.1, -0.05) is 0 Å². The largest absolute Gasteiger partial charge is 0.444 e. The molecule has 5 nitrogen and oxygen atoms in total. The maximum Gasteiger partial charge on any atom is 0.410 e. The summed E-state index contributed by atoms with van der Waals surface area (Å²) in [6.45, 7) is 6.88. The van der Waals surface area contributed by atoms with Crippen molar-refractivity contribution in [2.45, 2.75) is 38.4 Å². The molecule has 1 rings (SSSR count). The van der Waals surface area contributed by atoms with E-state index in [9.17, 15) is 9.90 Å². The maximum atomic E-state index is 11.7. The molecule has 1 aliphatic rings. The number of rotatable bonds is 2. The topological polar surface area (TPSA) is 61.8 Å². The average molecular weight is 230 g/mol. The highest BCUT2D eigenvalue weighted by Gasteiger charge is 2.39. The molecule has 0 aliphatic carbocycles. The summed E-state index contributed by atoms with van der Waals surface area (Å²) in [5.74, 6) is 0. The molecule has 94 valence electrons. The SMILES string of the molecule is CNC[C@]1(O)CCN(C(=O)OC(C)(C)C)C1. The quantitative estimate of drug-likeness (QED) is 0.728.